The first-order chi connectivity index (χ1) is 22.7. The molecule has 2 saturated heterocycles. The predicted octanol–water partition coefficient (Wildman–Crippen LogP) is 7.52. The zero-order chi connectivity index (χ0) is 30.8. The first-order valence-electron chi connectivity index (χ1n) is 16.8. The lowest BCUT2D eigenvalue weighted by molar-refractivity contribution is -0.106. The van der Waals surface area contributed by atoms with Crippen LogP contribution in [0.15, 0.2) is 132 Å². The number of rotatable bonds is 4. The Morgan fingerprint density at radius 3 is 1.17 bits per heavy atom. The van der Waals surface area contributed by atoms with Gasteiger partial charge in [-0.05, 0) is 81.3 Å². The van der Waals surface area contributed by atoms with Gasteiger partial charge in [0.05, 0.1) is 0 Å². The van der Waals surface area contributed by atoms with E-state index in [0.29, 0.717) is 35.5 Å². The molecule has 6 aliphatic carbocycles. The van der Waals surface area contributed by atoms with Gasteiger partial charge in [-0.1, -0.05) is 97.1 Å². The Morgan fingerprint density at radius 2 is 0.783 bits per heavy atom. The summed E-state index contributed by atoms with van der Waals surface area (Å²) in [6, 6.07) is 38.8. The highest BCUT2D eigenvalue weighted by atomic mass is 16.1. The van der Waals surface area contributed by atoms with Crippen LogP contribution < -0.4 is 9.80 Å². The molecule has 228 valence electrons. The van der Waals surface area contributed by atoms with E-state index < -0.39 is 0 Å². The zero-order valence-corrected chi connectivity index (χ0v) is 25.9. The number of carbonyl (C=O) groups is 2. The van der Waals surface area contributed by atoms with Crippen molar-refractivity contribution < 1.29 is 9.59 Å². The van der Waals surface area contributed by atoms with Crippen LogP contribution in [0, 0.1) is 23.7 Å². The molecule has 4 nitrogen and oxygen atoms in total. The molecule has 8 atom stereocenters. The molecule has 0 saturated carbocycles. The minimum atomic E-state index is 0.285. The van der Waals surface area contributed by atoms with Crippen LogP contribution in [-0.2, 0) is 9.59 Å². The van der Waals surface area contributed by atoms with Crippen molar-refractivity contribution in [2.45, 2.75) is 23.7 Å². The standard InChI is InChI=1S/2C21H19NO/c2*23-13-14-10-18-16-8-4-5-9-17(16)21(14)20-12-22(11-19(18)20)15-6-2-1-3-7-15/h2*1-10,13,18-21H,11-12H2/t2*18-,19?,20?,21-/m00/s1. The monoisotopic (exact) mass is 602 g/mol. The quantitative estimate of drug-likeness (QED) is 0.227. The average molecular weight is 603 g/mol. The maximum absolute atomic E-state index is 11.6. The highest BCUT2D eigenvalue weighted by Crippen LogP contribution is 2.58. The summed E-state index contributed by atoms with van der Waals surface area (Å²) < 4.78 is 0. The van der Waals surface area contributed by atoms with Gasteiger partial charge in [-0.3, -0.25) is 9.59 Å². The van der Waals surface area contributed by atoms with Crippen LogP contribution in [0.3, 0.4) is 0 Å². The van der Waals surface area contributed by atoms with Crippen molar-refractivity contribution in [3.63, 3.8) is 0 Å². The second-order valence-electron chi connectivity index (χ2n) is 14.0. The topological polar surface area (TPSA) is 40.6 Å². The van der Waals surface area contributed by atoms with Crippen molar-refractivity contribution in [2.24, 2.45) is 23.7 Å². The highest BCUT2D eigenvalue weighted by Gasteiger charge is 2.52. The number of hydrogen-bond acceptors (Lipinski definition) is 4. The molecule has 0 aromatic heterocycles. The lowest BCUT2D eigenvalue weighted by Gasteiger charge is -2.44. The van der Waals surface area contributed by atoms with Crippen LogP contribution in [0.1, 0.15) is 45.9 Å². The van der Waals surface area contributed by atoms with E-state index >= 15 is 0 Å². The molecule has 46 heavy (non-hydrogen) atoms. The van der Waals surface area contributed by atoms with Crippen LogP contribution >= 0.6 is 0 Å². The van der Waals surface area contributed by atoms with E-state index in [1.807, 2.05) is 0 Å². The maximum Gasteiger partial charge on any atom is 0.146 e. The maximum atomic E-state index is 11.6. The van der Waals surface area contributed by atoms with Gasteiger partial charge in [-0.2, -0.15) is 0 Å². The number of para-hydroxylation sites is 2. The Morgan fingerprint density at radius 1 is 0.435 bits per heavy atom. The number of benzene rings is 4. The van der Waals surface area contributed by atoms with E-state index in [9.17, 15) is 9.59 Å². The van der Waals surface area contributed by atoms with Gasteiger partial charge in [0.2, 0.25) is 0 Å². The Kier molecular flexibility index (Phi) is 6.59. The first kappa shape index (κ1) is 27.6. The van der Waals surface area contributed by atoms with Crippen LogP contribution in [0.2, 0.25) is 0 Å². The van der Waals surface area contributed by atoms with Crippen molar-refractivity contribution in [3.05, 3.63) is 155 Å². The van der Waals surface area contributed by atoms with Gasteiger partial charge in [0, 0.05) is 61.2 Å². The second-order valence-corrected chi connectivity index (χ2v) is 14.0. The molecule has 2 fully saturated rings. The third-order valence-electron chi connectivity index (χ3n) is 12.0. The lowest BCUT2D eigenvalue weighted by Crippen LogP contribution is -2.37. The Labute approximate surface area is 271 Å². The molecule has 4 aromatic rings. The van der Waals surface area contributed by atoms with Crippen molar-refractivity contribution >= 4 is 23.9 Å². The summed E-state index contributed by atoms with van der Waals surface area (Å²) in [6.07, 6.45) is 6.68. The number of anilines is 2. The van der Waals surface area contributed by atoms with E-state index in [-0.39, 0.29) is 11.8 Å². The molecule has 4 unspecified atom stereocenters. The molecule has 2 heterocycles. The smallest absolute Gasteiger partial charge is 0.146 e. The number of hydrogen-bond donors (Lipinski definition) is 0. The summed E-state index contributed by atoms with van der Waals surface area (Å²) in [6.45, 7) is 4.28. The number of nitrogens with zero attached hydrogens (tertiary/aromatic N) is 2. The number of allylic oxidation sites excluding steroid dienone is 4. The molecule has 0 N–H and O–H groups in total. The summed E-state index contributed by atoms with van der Waals surface area (Å²) in [5.41, 5.74) is 10.3. The molecule has 12 rings (SSSR count). The molecule has 4 aromatic carbocycles. The zero-order valence-electron chi connectivity index (χ0n) is 25.9. The first-order valence-corrected chi connectivity index (χ1v) is 16.8. The third-order valence-corrected chi connectivity index (χ3v) is 12.0. The van der Waals surface area contributed by atoms with Gasteiger partial charge in [0.15, 0.2) is 0 Å². The summed E-state index contributed by atoms with van der Waals surface area (Å²) >= 11 is 0. The molecule has 8 aliphatic rings. The fraction of sp³-hybridized carbons (Fsp3) is 0.286. The Bertz CT molecular complexity index is 1730. The van der Waals surface area contributed by atoms with Crippen LogP contribution in [0.5, 0.6) is 0 Å². The summed E-state index contributed by atoms with van der Waals surface area (Å²) in [4.78, 5) is 28.2. The lowest BCUT2D eigenvalue weighted by atomic mass is 9.58. The van der Waals surface area contributed by atoms with E-state index in [1.165, 1.54) is 33.6 Å². The van der Waals surface area contributed by atoms with Crippen LogP contribution in [-0.4, -0.2) is 38.8 Å². The average Bonchev–Trinajstić information content (AvgIpc) is 3.80. The molecule has 0 amide bonds. The second kappa shape index (κ2) is 11.0. The van der Waals surface area contributed by atoms with Crippen molar-refractivity contribution in [3.8, 4) is 0 Å². The highest BCUT2D eigenvalue weighted by molar-refractivity contribution is 5.80. The van der Waals surface area contributed by atoms with Gasteiger partial charge in [-0.25, -0.2) is 0 Å². The number of aldehydes is 2. The summed E-state index contributed by atoms with van der Waals surface area (Å²) in [5, 5.41) is 0. The van der Waals surface area contributed by atoms with E-state index in [1.54, 1.807) is 0 Å². The minimum absolute atomic E-state index is 0.285. The fourth-order valence-electron chi connectivity index (χ4n) is 10.1. The van der Waals surface area contributed by atoms with Gasteiger partial charge >= 0.3 is 0 Å². The summed E-state index contributed by atoms with van der Waals surface area (Å²) in [5.74, 6) is 3.73. The third kappa shape index (κ3) is 4.19. The summed E-state index contributed by atoms with van der Waals surface area (Å²) in [7, 11) is 0. The predicted molar refractivity (Wildman–Crippen MR) is 183 cm³/mol. The molecule has 0 spiro atoms. The van der Waals surface area contributed by atoms with E-state index in [2.05, 4.69) is 131 Å². The van der Waals surface area contributed by atoms with E-state index in [4.69, 9.17) is 0 Å². The van der Waals surface area contributed by atoms with Gasteiger partial charge in [0.25, 0.3) is 0 Å². The van der Waals surface area contributed by atoms with Crippen molar-refractivity contribution in [1.82, 2.24) is 0 Å². The van der Waals surface area contributed by atoms with E-state index in [0.717, 1.165) is 49.9 Å². The van der Waals surface area contributed by atoms with Crippen LogP contribution in [0.4, 0.5) is 11.4 Å². The SMILES string of the molecule is O=CC1=C[C@H]2c3ccccc3[C@H]1C1CN(c3ccccc3)CC12.O=CC1=C[C@H]2c3ccccc3[C@H]1C1CN(c3ccccc3)CC12. The van der Waals surface area contributed by atoms with Crippen LogP contribution in [0.25, 0.3) is 0 Å². The van der Waals surface area contributed by atoms with Gasteiger partial charge in [0.1, 0.15) is 12.6 Å². The van der Waals surface area contributed by atoms with Gasteiger partial charge < -0.3 is 9.80 Å². The van der Waals surface area contributed by atoms with Crippen molar-refractivity contribution in [1.29, 1.82) is 0 Å². The Balaban J connectivity index is 0.000000127. The molecular weight excluding hydrogens is 564 g/mol. The van der Waals surface area contributed by atoms with Gasteiger partial charge in [-0.15, -0.1) is 0 Å². The molecule has 2 aliphatic heterocycles. The fourth-order valence-corrected chi connectivity index (χ4v) is 10.1. The Hall–Kier alpha value is -4.70. The molecule has 4 heteroatoms. The molecular formula is C42H38N2O2. The molecule has 0 radical (unpaired) electrons. The number of carbonyl (C=O) groups excluding carboxylic acids is 2. The normalized spacial score (nSPS) is 30.6. The molecule has 4 bridgehead atoms. The minimum Gasteiger partial charge on any atom is -0.371 e. The largest absolute Gasteiger partial charge is 0.371 e. The van der Waals surface area contributed by atoms with Crippen molar-refractivity contribution in [2.75, 3.05) is 36.0 Å².